The maximum atomic E-state index is 13.7. The molecular formula is C19H14FN3O4S. The number of ether oxygens (including phenoxy) is 1. The zero-order valence-corrected chi connectivity index (χ0v) is 15.5. The number of para-hydroxylation sites is 1. The molecule has 2 aromatic carbocycles. The van der Waals surface area contributed by atoms with Gasteiger partial charge in [0.25, 0.3) is 22.9 Å². The lowest BCUT2D eigenvalue weighted by Gasteiger charge is -2.12. The van der Waals surface area contributed by atoms with Gasteiger partial charge in [-0.3, -0.25) is 14.5 Å². The fraction of sp³-hybridized carbons (Fsp3) is 0.158. The van der Waals surface area contributed by atoms with E-state index in [2.05, 4.69) is 10.2 Å². The van der Waals surface area contributed by atoms with Gasteiger partial charge in [-0.1, -0.05) is 24.3 Å². The highest BCUT2D eigenvalue weighted by Crippen LogP contribution is 2.28. The van der Waals surface area contributed by atoms with Gasteiger partial charge in [0.1, 0.15) is 0 Å². The summed E-state index contributed by atoms with van der Waals surface area (Å²) in [7, 11) is 0. The number of thioether (sulfide) groups is 1. The Labute approximate surface area is 163 Å². The Kier molecular flexibility index (Phi) is 4.82. The second kappa shape index (κ2) is 7.43. The summed E-state index contributed by atoms with van der Waals surface area (Å²) in [5, 5.41) is 7.95. The molecule has 0 saturated heterocycles. The first-order valence-corrected chi connectivity index (χ1v) is 9.36. The number of aromatic nitrogens is 2. The number of fused-ring (bicyclic) bond motifs is 1. The Balaban J connectivity index is 1.40. The highest BCUT2D eigenvalue weighted by atomic mass is 32.2. The average Bonchev–Trinajstić information content (AvgIpc) is 3.27. The van der Waals surface area contributed by atoms with Gasteiger partial charge in [0, 0.05) is 0 Å². The van der Waals surface area contributed by atoms with Crippen LogP contribution in [0.3, 0.4) is 0 Å². The van der Waals surface area contributed by atoms with Gasteiger partial charge in [0.05, 0.1) is 17.0 Å². The van der Waals surface area contributed by atoms with Crippen LogP contribution in [0, 0.1) is 5.82 Å². The molecule has 7 nitrogen and oxygen atoms in total. The van der Waals surface area contributed by atoms with E-state index in [9.17, 15) is 14.0 Å². The van der Waals surface area contributed by atoms with Crippen LogP contribution in [0.1, 0.15) is 39.6 Å². The largest absolute Gasteiger partial charge is 0.478 e. The van der Waals surface area contributed by atoms with E-state index in [0.29, 0.717) is 11.1 Å². The maximum absolute atomic E-state index is 13.7. The number of hydrogen-bond donors (Lipinski definition) is 0. The van der Waals surface area contributed by atoms with E-state index in [0.717, 1.165) is 16.7 Å². The van der Waals surface area contributed by atoms with Crippen molar-refractivity contribution in [2.24, 2.45) is 0 Å². The molecule has 4 rings (SSSR count). The number of imide groups is 1. The minimum absolute atomic E-state index is 0.0382. The topological polar surface area (TPSA) is 85.5 Å². The van der Waals surface area contributed by atoms with E-state index in [1.807, 2.05) is 0 Å². The van der Waals surface area contributed by atoms with Crippen LogP contribution in [-0.4, -0.2) is 32.8 Å². The molecule has 1 aliphatic rings. The lowest BCUT2D eigenvalue weighted by Crippen LogP contribution is -2.29. The Bertz CT molecular complexity index is 1020. The molecule has 0 bridgehead atoms. The van der Waals surface area contributed by atoms with Crippen molar-refractivity contribution in [1.82, 2.24) is 15.1 Å². The molecule has 2 amide bonds. The average molecular weight is 399 g/mol. The molecular weight excluding hydrogens is 385 g/mol. The SMILES string of the molecule is C[C@H](Oc1ccccc1F)c1nnc(SCN2C(=O)c3ccccc3C2=O)o1. The van der Waals surface area contributed by atoms with E-state index < -0.39 is 11.9 Å². The van der Waals surface area contributed by atoms with Gasteiger partial charge < -0.3 is 9.15 Å². The molecule has 0 unspecified atom stereocenters. The van der Waals surface area contributed by atoms with Crippen LogP contribution in [0.4, 0.5) is 4.39 Å². The summed E-state index contributed by atoms with van der Waals surface area (Å²) >= 11 is 1.06. The Morgan fingerprint density at radius 3 is 2.39 bits per heavy atom. The Morgan fingerprint density at radius 1 is 1.07 bits per heavy atom. The lowest BCUT2D eigenvalue weighted by molar-refractivity contribution is 0.0683. The first-order valence-electron chi connectivity index (χ1n) is 8.37. The molecule has 0 spiro atoms. The van der Waals surface area contributed by atoms with Gasteiger partial charge in [0.15, 0.2) is 17.7 Å². The zero-order chi connectivity index (χ0) is 19.7. The fourth-order valence-electron chi connectivity index (χ4n) is 2.70. The number of nitrogens with zero attached hydrogens (tertiary/aromatic N) is 3. The molecule has 0 saturated carbocycles. The molecule has 0 radical (unpaired) electrons. The molecule has 142 valence electrons. The summed E-state index contributed by atoms with van der Waals surface area (Å²) < 4.78 is 24.7. The summed E-state index contributed by atoms with van der Waals surface area (Å²) in [6.07, 6.45) is -0.668. The van der Waals surface area contributed by atoms with E-state index in [1.165, 1.54) is 12.1 Å². The van der Waals surface area contributed by atoms with Crippen molar-refractivity contribution >= 4 is 23.6 Å². The molecule has 1 aromatic heterocycles. The number of carbonyl (C=O) groups is 2. The predicted octanol–water partition coefficient (Wildman–Crippen LogP) is 3.69. The van der Waals surface area contributed by atoms with Crippen LogP contribution in [0.2, 0.25) is 0 Å². The molecule has 3 aromatic rings. The number of benzene rings is 2. The van der Waals surface area contributed by atoms with Crippen LogP contribution in [0.15, 0.2) is 58.2 Å². The van der Waals surface area contributed by atoms with Gasteiger partial charge in [-0.05, 0) is 43.0 Å². The van der Waals surface area contributed by atoms with Crippen LogP contribution in [-0.2, 0) is 0 Å². The lowest BCUT2D eigenvalue weighted by atomic mass is 10.1. The minimum Gasteiger partial charge on any atom is -0.478 e. The second-order valence-corrected chi connectivity index (χ2v) is 6.85. The van der Waals surface area contributed by atoms with Crippen LogP contribution >= 0.6 is 11.8 Å². The van der Waals surface area contributed by atoms with Crippen molar-refractivity contribution in [2.75, 3.05) is 5.88 Å². The van der Waals surface area contributed by atoms with Crippen molar-refractivity contribution < 1.29 is 23.1 Å². The van der Waals surface area contributed by atoms with Crippen LogP contribution < -0.4 is 4.74 Å². The third kappa shape index (κ3) is 3.36. The standard InChI is InChI=1S/C19H14FN3O4S/c1-11(26-15-9-5-4-8-14(15)20)16-21-22-19(27-16)28-10-23-17(24)12-6-2-3-7-13(12)18(23)25/h2-9,11H,10H2,1H3/t11-/m0/s1. The summed E-state index contributed by atoms with van der Waals surface area (Å²) in [6, 6.07) is 12.7. The summed E-state index contributed by atoms with van der Waals surface area (Å²) in [4.78, 5) is 25.8. The van der Waals surface area contributed by atoms with E-state index >= 15 is 0 Å². The third-order valence-corrected chi connectivity index (χ3v) is 4.90. The Morgan fingerprint density at radius 2 is 1.71 bits per heavy atom. The van der Waals surface area contributed by atoms with Crippen molar-refractivity contribution in [3.05, 3.63) is 71.4 Å². The van der Waals surface area contributed by atoms with Crippen molar-refractivity contribution in [3.63, 3.8) is 0 Å². The van der Waals surface area contributed by atoms with Crippen LogP contribution in [0.5, 0.6) is 5.75 Å². The molecule has 28 heavy (non-hydrogen) atoms. The smallest absolute Gasteiger partial charge is 0.278 e. The van der Waals surface area contributed by atoms with Gasteiger partial charge in [0.2, 0.25) is 0 Å². The van der Waals surface area contributed by atoms with E-state index in [4.69, 9.17) is 9.15 Å². The van der Waals surface area contributed by atoms with Crippen molar-refractivity contribution in [3.8, 4) is 5.75 Å². The Hall–Kier alpha value is -3.20. The number of rotatable bonds is 6. The minimum atomic E-state index is -0.668. The fourth-order valence-corrected chi connectivity index (χ4v) is 3.42. The van der Waals surface area contributed by atoms with Gasteiger partial charge in [-0.15, -0.1) is 10.2 Å². The quantitative estimate of drug-likeness (QED) is 0.461. The molecule has 9 heteroatoms. The highest BCUT2D eigenvalue weighted by Gasteiger charge is 2.35. The normalized spacial score (nSPS) is 14.3. The molecule has 0 N–H and O–H groups in total. The van der Waals surface area contributed by atoms with Crippen LogP contribution in [0.25, 0.3) is 0 Å². The first kappa shape index (κ1) is 18.2. The molecule has 0 fully saturated rings. The zero-order valence-electron chi connectivity index (χ0n) is 14.7. The number of carbonyl (C=O) groups excluding carboxylic acids is 2. The molecule has 1 aliphatic heterocycles. The molecule has 0 aliphatic carbocycles. The number of halogens is 1. The summed E-state index contributed by atoms with van der Waals surface area (Å²) in [5.74, 6) is -0.930. The van der Waals surface area contributed by atoms with Gasteiger partial charge in [-0.25, -0.2) is 4.39 Å². The maximum Gasteiger partial charge on any atom is 0.278 e. The van der Waals surface area contributed by atoms with E-state index in [-0.39, 0.29) is 34.6 Å². The first-order chi connectivity index (χ1) is 13.5. The highest BCUT2D eigenvalue weighted by molar-refractivity contribution is 7.99. The van der Waals surface area contributed by atoms with Crippen molar-refractivity contribution in [2.45, 2.75) is 18.3 Å². The third-order valence-electron chi connectivity index (χ3n) is 4.11. The van der Waals surface area contributed by atoms with Crippen molar-refractivity contribution in [1.29, 1.82) is 0 Å². The predicted molar refractivity (Wildman–Crippen MR) is 97.4 cm³/mol. The summed E-state index contributed by atoms with van der Waals surface area (Å²) in [6.45, 7) is 1.65. The number of hydrogen-bond acceptors (Lipinski definition) is 7. The van der Waals surface area contributed by atoms with E-state index in [1.54, 1.807) is 43.3 Å². The monoisotopic (exact) mass is 399 g/mol. The van der Waals surface area contributed by atoms with Gasteiger partial charge >= 0.3 is 0 Å². The second-order valence-electron chi connectivity index (χ2n) is 5.95. The summed E-state index contributed by atoms with van der Waals surface area (Å²) in [5.41, 5.74) is 0.762. The molecule has 2 heterocycles. The molecule has 1 atom stereocenters. The van der Waals surface area contributed by atoms with Gasteiger partial charge in [-0.2, -0.15) is 0 Å². The number of amides is 2.